The molecule has 0 fully saturated rings. The zero-order valence-electron chi connectivity index (χ0n) is 25.8. The van der Waals surface area contributed by atoms with Gasteiger partial charge in [-0.2, -0.15) is 0 Å². The molecule has 216 valence electrons. The Morgan fingerprint density at radius 3 is 1.59 bits per heavy atom. The summed E-state index contributed by atoms with van der Waals surface area (Å²) in [6.45, 7) is 4.82. The molecule has 1 aromatic heterocycles. The Morgan fingerprint density at radius 1 is 0.370 bits per heavy atom. The van der Waals surface area contributed by atoms with Gasteiger partial charge in [-0.3, -0.25) is 0 Å². The van der Waals surface area contributed by atoms with Crippen molar-refractivity contribution in [2.75, 3.05) is 0 Å². The monoisotopic (exact) mass is 586 g/mol. The standard InChI is InChI=1S/C45H30O/c1-45(2)42-28-14-4-3-13-27(28)25-26-35(42)34-20-11-22-37(43(34)45)40-30-16-5-7-18-32(30)41(33-19-8-6-17-31(33)40)38-23-12-21-36-29-15-9-10-24-39(29)46-44(36)38/h3-26H,1-2H3. The molecule has 0 saturated heterocycles. The van der Waals surface area contributed by atoms with E-state index in [1.165, 1.54) is 71.3 Å². The van der Waals surface area contributed by atoms with Gasteiger partial charge in [0.05, 0.1) is 0 Å². The van der Waals surface area contributed by atoms with Crippen LogP contribution in [0.4, 0.5) is 0 Å². The Hall–Kier alpha value is -5.66. The van der Waals surface area contributed by atoms with E-state index in [2.05, 4.69) is 153 Å². The number of benzene rings is 8. The molecule has 0 atom stereocenters. The smallest absolute Gasteiger partial charge is 0.143 e. The highest BCUT2D eigenvalue weighted by atomic mass is 16.3. The van der Waals surface area contributed by atoms with Crippen molar-refractivity contribution in [1.29, 1.82) is 0 Å². The van der Waals surface area contributed by atoms with Gasteiger partial charge in [0.2, 0.25) is 0 Å². The van der Waals surface area contributed by atoms with Gasteiger partial charge in [-0.05, 0) is 71.8 Å². The van der Waals surface area contributed by atoms with E-state index < -0.39 is 0 Å². The van der Waals surface area contributed by atoms with Gasteiger partial charge in [-0.25, -0.2) is 0 Å². The van der Waals surface area contributed by atoms with Crippen molar-refractivity contribution in [2.24, 2.45) is 0 Å². The summed E-state index contributed by atoms with van der Waals surface area (Å²) < 4.78 is 6.61. The fourth-order valence-corrected chi connectivity index (χ4v) is 8.61. The molecular weight excluding hydrogens is 556 g/mol. The van der Waals surface area contributed by atoms with E-state index in [1.54, 1.807) is 0 Å². The molecule has 8 aromatic carbocycles. The van der Waals surface area contributed by atoms with Gasteiger partial charge in [-0.1, -0.05) is 153 Å². The zero-order chi connectivity index (χ0) is 30.6. The Labute approximate surface area is 267 Å². The molecular formula is C45H30O. The van der Waals surface area contributed by atoms with E-state index in [0.717, 1.165) is 27.5 Å². The van der Waals surface area contributed by atoms with Crippen LogP contribution in [0.1, 0.15) is 25.0 Å². The first kappa shape index (κ1) is 25.6. The highest BCUT2D eigenvalue weighted by molar-refractivity contribution is 6.24. The van der Waals surface area contributed by atoms with Gasteiger partial charge in [0.25, 0.3) is 0 Å². The predicted molar refractivity (Wildman–Crippen MR) is 195 cm³/mol. The van der Waals surface area contributed by atoms with Crippen molar-refractivity contribution in [3.63, 3.8) is 0 Å². The molecule has 1 heteroatoms. The molecule has 0 radical (unpaired) electrons. The summed E-state index contributed by atoms with van der Waals surface area (Å²) in [7, 11) is 0. The third-order valence-electron chi connectivity index (χ3n) is 10.4. The van der Waals surface area contributed by atoms with Crippen molar-refractivity contribution < 1.29 is 4.42 Å². The minimum absolute atomic E-state index is 0.178. The third kappa shape index (κ3) is 3.30. The molecule has 1 nitrogen and oxygen atoms in total. The zero-order valence-corrected chi connectivity index (χ0v) is 25.8. The van der Waals surface area contributed by atoms with Gasteiger partial charge < -0.3 is 4.42 Å². The normalized spacial score (nSPS) is 13.6. The number of rotatable bonds is 2. The van der Waals surface area contributed by atoms with Crippen molar-refractivity contribution in [3.8, 4) is 33.4 Å². The maximum Gasteiger partial charge on any atom is 0.143 e. The van der Waals surface area contributed by atoms with E-state index in [9.17, 15) is 0 Å². The Balaban J connectivity index is 1.33. The fraction of sp³-hybridized carbons (Fsp3) is 0.0667. The number of para-hydroxylation sites is 2. The maximum absolute atomic E-state index is 6.61. The Bertz CT molecular complexity index is 2660. The fourth-order valence-electron chi connectivity index (χ4n) is 8.61. The second-order valence-electron chi connectivity index (χ2n) is 13.2. The van der Waals surface area contributed by atoms with E-state index in [0.29, 0.717) is 0 Å². The summed E-state index contributed by atoms with van der Waals surface area (Å²) in [5, 5.41) is 9.93. The lowest BCUT2D eigenvalue weighted by Gasteiger charge is -2.27. The Morgan fingerprint density at radius 2 is 0.870 bits per heavy atom. The highest BCUT2D eigenvalue weighted by Crippen LogP contribution is 2.56. The topological polar surface area (TPSA) is 13.1 Å². The first-order valence-electron chi connectivity index (χ1n) is 16.1. The van der Waals surface area contributed by atoms with Crippen LogP contribution in [0, 0.1) is 0 Å². The number of hydrogen-bond donors (Lipinski definition) is 0. The summed E-state index contributed by atoms with van der Waals surface area (Å²) in [5.41, 5.74) is 12.2. The lowest BCUT2D eigenvalue weighted by atomic mass is 9.76. The summed E-state index contributed by atoms with van der Waals surface area (Å²) in [6, 6.07) is 53.2. The molecule has 1 aliphatic rings. The van der Waals surface area contributed by atoms with Crippen molar-refractivity contribution in [2.45, 2.75) is 19.3 Å². The summed E-state index contributed by atoms with van der Waals surface area (Å²) >= 11 is 0. The van der Waals surface area contributed by atoms with Crippen LogP contribution in [0.15, 0.2) is 150 Å². The molecule has 0 saturated carbocycles. The van der Waals surface area contributed by atoms with Crippen LogP contribution in [0.3, 0.4) is 0 Å². The lowest BCUT2D eigenvalue weighted by Crippen LogP contribution is -2.17. The summed E-state index contributed by atoms with van der Waals surface area (Å²) in [4.78, 5) is 0. The highest BCUT2D eigenvalue weighted by Gasteiger charge is 2.39. The van der Waals surface area contributed by atoms with Crippen molar-refractivity contribution in [1.82, 2.24) is 0 Å². The second kappa shape index (κ2) is 9.19. The van der Waals surface area contributed by atoms with Gasteiger partial charge in [0.15, 0.2) is 0 Å². The van der Waals surface area contributed by atoms with Crippen LogP contribution in [0.25, 0.3) is 87.6 Å². The first-order valence-corrected chi connectivity index (χ1v) is 16.1. The quantitative estimate of drug-likeness (QED) is 0.184. The lowest BCUT2D eigenvalue weighted by molar-refractivity contribution is 0.668. The van der Waals surface area contributed by atoms with Crippen LogP contribution >= 0.6 is 0 Å². The third-order valence-corrected chi connectivity index (χ3v) is 10.4. The van der Waals surface area contributed by atoms with Crippen LogP contribution in [0.2, 0.25) is 0 Å². The molecule has 0 aliphatic heterocycles. The number of furan rings is 1. The predicted octanol–water partition coefficient (Wildman–Crippen LogP) is 12.7. The second-order valence-corrected chi connectivity index (χ2v) is 13.2. The minimum atomic E-state index is -0.178. The van der Waals surface area contributed by atoms with Crippen LogP contribution in [0.5, 0.6) is 0 Å². The molecule has 0 amide bonds. The van der Waals surface area contributed by atoms with Gasteiger partial charge in [0.1, 0.15) is 11.2 Å². The molecule has 0 bridgehead atoms. The van der Waals surface area contributed by atoms with Crippen LogP contribution in [-0.2, 0) is 5.41 Å². The average Bonchev–Trinajstić information content (AvgIpc) is 3.60. The number of fused-ring (bicyclic) bond motifs is 10. The Kier molecular flexibility index (Phi) is 5.12. The van der Waals surface area contributed by atoms with Gasteiger partial charge in [-0.15, -0.1) is 0 Å². The molecule has 1 heterocycles. The summed E-state index contributed by atoms with van der Waals surface area (Å²) in [5.74, 6) is 0. The molecule has 46 heavy (non-hydrogen) atoms. The molecule has 10 rings (SSSR count). The van der Waals surface area contributed by atoms with E-state index >= 15 is 0 Å². The van der Waals surface area contributed by atoms with Crippen molar-refractivity contribution >= 4 is 54.3 Å². The molecule has 0 spiro atoms. The van der Waals surface area contributed by atoms with E-state index in [4.69, 9.17) is 4.42 Å². The minimum Gasteiger partial charge on any atom is -0.455 e. The molecule has 9 aromatic rings. The molecule has 0 N–H and O–H groups in total. The molecule has 1 aliphatic carbocycles. The summed E-state index contributed by atoms with van der Waals surface area (Å²) in [6.07, 6.45) is 0. The number of hydrogen-bond acceptors (Lipinski definition) is 1. The van der Waals surface area contributed by atoms with E-state index in [-0.39, 0.29) is 5.41 Å². The van der Waals surface area contributed by atoms with Gasteiger partial charge in [0, 0.05) is 27.3 Å². The average molecular weight is 587 g/mol. The van der Waals surface area contributed by atoms with Crippen LogP contribution < -0.4 is 0 Å². The largest absolute Gasteiger partial charge is 0.455 e. The van der Waals surface area contributed by atoms with E-state index in [1.807, 2.05) is 6.07 Å². The maximum atomic E-state index is 6.61. The van der Waals surface area contributed by atoms with Crippen molar-refractivity contribution in [3.05, 3.63) is 157 Å². The first-order chi connectivity index (χ1) is 22.6. The SMILES string of the molecule is CC1(C)c2c(cccc2-c2c3ccccc3c(-c3cccc4c3oc3ccccc34)c3ccccc23)-c2ccc3ccccc3c21. The molecule has 0 unspecified atom stereocenters. The van der Waals surface area contributed by atoms with Crippen LogP contribution in [-0.4, -0.2) is 0 Å². The van der Waals surface area contributed by atoms with Gasteiger partial charge >= 0.3 is 0 Å².